The van der Waals surface area contributed by atoms with Crippen molar-refractivity contribution in [3.63, 3.8) is 0 Å². The van der Waals surface area contributed by atoms with Crippen LogP contribution in [0, 0.1) is 0 Å². The fourth-order valence-electron chi connectivity index (χ4n) is 2.43. The normalized spacial score (nSPS) is 18.7. The first-order chi connectivity index (χ1) is 9.15. The second kappa shape index (κ2) is 6.02. The Balaban J connectivity index is 2.17. The van der Waals surface area contributed by atoms with Crippen LogP contribution in [-0.2, 0) is 0 Å². The summed E-state index contributed by atoms with van der Waals surface area (Å²) in [5, 5.41) is 0. The molecule has 1 saturated heterocycles. The zero-order valence-electron chi connectivity index (χ0n) is 11.7. The number of carbonyl (C=O) groups is 1. The molecule has 0 aliphatic carbocycles. The van der Waals surface area contributed by atoms with E-state index in [2.05, 4.69) is 9.88 Å². The number of pyridine rings is 1. The van der Waals surface area contributed by atoms with Crippen LogP contribution in [0.15, 0.2) is 18.3 Å². The molecule has 1 atom stereocenters. The Hall–Kier alpha value is -1.62. The lowest BCUT2D eigenvalue weighted by Crippen LogP contribution is -2.31. The fraction of sp³-hybridized carbons (Fsp3) is 0.571. The van der Waals surface area contributed by atoms with Crippen molar-refractivity contribution in [2.75, 3.05) is 31.1 Å². The van der Waals surface area contributed by atoms with Crippen LogP contribution in [0.4, 0.5) is 5.69 Å². The van der Waals surface area contributed by atoms with Gasteiger partial charge in [0.1, 0.15) is 5.69 Å². The highest BCUT2D eigenvalue weighted by molar-refractivity contribution is 5.93. The van der Waals surface area contributed by atoms with E-state index in [1.807, 2.05) is 26.0 Å². The van der Waals surface area contributed by atoms with Crippen molar-refractivity contribution >= 4 is 11.6 Å². The van der Waals surface area contributed by atoms with Crippen molar-refractivity contribution in [1.29, 1.82) is 0 Å². The highest BCUT2D eigenvalue weighted by atomic mass is 16.2. The minimum absolute atomic E-state index is 0.00431. The quantitative estimate of drug-likeness (QED) is 0.882. The van der Waals surface area contributed by atoms with Crippen LogP contribution in [-0.4, -0.2) is 48.0 Å². The molecular formula is C14H22N4O. The highest BCUT2D eigenvalue weighted by Gasteiger charge is 2.21. The third-order valence-electron chi connectivity index (χ3n) is 3.60. The highest BCUT2D eigenvalue weighted by Crippen LogP contribution is 2.20. The maximum absolute atomic E-state index is 12.3. The van der Waals surface area contributed by atoms with Crippen LogP contribution in [0.1, 0.15) is 30.8 Å². The molecule has 2 rings (SSSR count). The van der Waals surface area contributed by atoms with Crippen molar-refractivity contribution in [1.82, 2.24) is 9.88 Å². The zero-order valence-corrected chi connectivity index (χ0v) is 11.7. The van der Waals surface area contributed by atoms with E-state index in [-0.39, 0.29) is 11.9 Å². The molecule has 1 aliphatic heterocycles. The van der Waals surface area contributed by atoms with E-state index >= 15 is 0 Å². The van der Waals surface area contributed by atoms with Crippen molar-refractivity contribution < 1.29 is 4.79 Å². The number of hydrogen-bond donors (Lipinski definition) is 1. The molecule has 1 aromatic heterocycles. The smallest absolute Gasteiger partial charge is 0.272 e. The predicted octanol–water partition coefficient (Wildman–Crippen LogP) is 1.10. The number of anilines is 1. The molecule has 2 heterocycles. The molecule has 104 valence electrons. The molecule has 1 aliphatic rings. The van der Waals surface area contributed by atoms with Gasteiger partial charge in [-0.15, -0.1) is 0 Å². The predicted molar refractivity (Wildman–Crippen MR) is 76.3 cm³/mol. The number of carbonyl (C=O) groups excluding carboxylic acids is 1. The molecule has 0 aromatic carbocycles. The summed E-state index contributed by atoms with van der Waals surface area (Å²) in [7, 11) is 0. The van der Waals surface area contributed by atoms with E-state index < -0.39 is 0 Å². The largest absolute Gasteiger partial charge is 0.370 e. The molecular weight excluding hydrogens is 240 g/mol. The van der Waals surface area contributed by atoms with Gasteiger partial charge in [0.15, 0.2) is 0 Å². The number of rotatable bonds is 4. The van der Waals surface area contributed by atoms with Crippen molar-refractivity contribution in [3.05, 3.63) is 24.0 Å². The third-order valence-corrected chi connectivity index (χ3v) is 3.60. The molecule has 0 radical (unpaired) electrons. The van der Waals surface area contributed by atoms with E-state index in [9.17, 15) is 4.79 Å². The molecule has 0 bridgehead atoms. The summed E-state index contributed by atoms with van der Waals surface area (Å²) in [6.45, 7) is 7.16. The van der Waals surface area contributed by atoms with Crippen LogP contribution >= 0.6 is 0 Å². The number of hydrogen-bond acceptors (Lipinski definition) is 4. The summed E-state index contributed by atoms with van der Waals surface area (Å²) in [4.78, 5) is 20.4. The number of aromatic nitrogens is 1. The second-order valence-corrected chi connectivity index (χ2v) is 4.87. The van der Waals surface area contributed by atoms with Gasteiger partial charge in [0.25, 0.3) is 5.91 Å². The van der Waals surface area contributed by atoms with Gasteiger partial charge in [-0.2, -0.15) is 0 Å². The Morgan fingerprint density at radius 2 is 2.26 bits per heavy atom. The van der Waals surface area contributed by atoms with Crippen molar-refractivity contribution in [2.24, 2.45) is 5.73 Å². The first-order valence-electron chi connectivity index (χ1n) is 6.91. The van der Waals surface area contributed by atoms with E-state index in [0.717, 1.165) is 25.2 Å². The zero-order chi connectivity index (χ0) is 13.8. The Kier molecular flexibility index (Phi) is 4.37. The van der Waals surface area contributed by atoms with Crippen LogP contribution < -0.4 is 10.6 Å². The lowest BCUT2D eigenvalue weighted by Gasteiger charge is -2.21. The van der Waals surface area contributed by atoms with Crippen LogP contribution in [0.25, 0.3) is 0 Å². The van der Waals surface area contributed by atoms with Gasteiger partial charge in [-0.25, -0.2) is 0 Å². The number of nitrogens with zero attached hydrogens (tertiary/aromatic N) is 3. The standard InChI is InChI=1S/C14H22N4O/c1-3-17(4-2)14(19)13-9-12(5-7-16-13)18-8-6-11(15)10-18/h5,7,9,11H,3-4,6,8,10,15H2,1-2H3. The van der Waals surface area contributed by atoms with Gasteiger partial charge in [-0.05, 0) is 32.4 Å². The molecule has 0 spiro atoms. The maximum Gasteiger partial charge on any atom is 0.272 e. The van der Waals surface area contributed by atoms with Gasteiger partial charge in [-0.1, -0.05) is 0 Å². The maximum atomic E-state index is 12.3. The van der Waals surface area contributed by atoms with E-state index in [1.54, 1.807) is 11.1 Å². The summed E-state index contributed by atoms with van der Waals surface area (Å²) in [5.41, 5.74) is 7.47. The average molecular weight is 262 g/mol. The number of nitrogens with two attached hydrogens (primary N) is 1. The van der Waals surface area contributed by atoms with E-state index in [0.29, 0.717) is 18.8 Å². The first kappa shape index (κ1) is 13.8. The minimum atomic E-state index is -0.00431. The lowest BCUT2D eigenvalue weighted by molar-refractivity contribution is 0.0767. The summed E-state index contributed by atoms with van der Waals surface area (Å²) in [5.74, 6) is -0.00431. The Labute approximate surface area is 114 Å². The minimum Gasteiger partial charge on any atom is -0.370 e. The Morgan fingerprint density at radius 3 is 2.84 bits per heavy atom. The van der Waals surface area contributed by atoms with E-state index in [1.165, 1.54) is 0 Å². The van der Waals surface area contributed by atoms with Crippen molar-refractivity contribution in [3.8, 4) is 0 Å². The second-order valence-electron chi connectivity index (χ2n) is 4.87. The monoisotopic (exact) mass is 262 g/mol. The average Bonchev–Trinajstić information content (AvgIpc) is 2.87. The van der Waals surface area contributed by atoms with Gasteiger partial charge in [0, 0.05) is 44.1 Å². The third kappa shape index (κ3) is 3.04. The Bertz CT molecular complexity index is 445. The molecule has 1 amide bonds. The van der Waals surface area contributed by atoms with Crippen LogP contribution in [0.5, 0.6) is 0 Å². The molecule has 19 heavy (non-hydrogen) atoms. The summed E-state index contributed by atoms with van der Waals surface area (Å²) in [6, 6.07) is 4.05. The topological polar surface area (TPSA) is 62.5 Å². The summed E-state index contributed by atoms with van der Waals surface area (Å²) in [6.07, 6.45) is 2.71. The Morgan fingerprint density at radius 1 is 1.53 bits per heavy atom. The SMILES string of the molecule is CCN(CC)C(=O)c1cc(N2CCC(N)C2)ccn1. The number of amides is 1. The summed E-state index contributed by atoms with van der Waals surface area (Å²) < 4.78 is 0. The fourth-order valence-corrected chi connectivity index (χ4v) is 2.43. The molecule has 5 nitrogen and oxygen atoms in total. The molecule has 2 N–H and O–H groups in total. The lowest BCUT2D eigenvalue weighted by atomic mass is 10.2. The van der Waals surface area contributed by atoms with Gasteiger partial charge >= 0.3 is 0 Å². The van der Waals surface area contributed by atoms with Crippen molar-refractivity contribution in [2.45, 2.75) is 26.3 Å². The molecule has 5 heteroatoms. The van der Waals surface area contributed by atoms with Gasteiger partial charge in [-0.3, -0.25) is 9.78 Å². The molecule has 1 fully saturated rings. The van der Waals surface area contributed by atoms with Gasteiger partial charge < -0.3 is 15.5 Å². The van der Waals surface area contributed by atoms with Gasteiger partial charge in [0.2, 0.25) is 0 Å². The van der Waals surface area contributed by atoms with E-state index in [4.69, 9.17) is 5.73 Å². The molecule has 1 unspecified atom stereocenters. The molecule has 1 aromatic rings. The van der Waals surface area contributed by atoms with Crippen LogP contribution in [0.2, 0.25) is 0 Å². The summed E-state index contributed by atoms with van der Waals surface area (Å²) >= 11 is 0. The van der Waals surface area contributed by atoms with Crippen LogP contribution in [0.3, 0.4) is 0 Å². The first-order valence-corrected chi connectivity index (χ1v) is 6.91. The van der Waals surface area contributed by atoms with Gasteiger partial charge in [0.05, 0.1) is 0 Å². The molecule has 0 saturated carbocycles.